The van der Waals surface area contributed by atoms with Crippen LogP contribution in [0.2, 0.25) is 5.02 Å². The summed E-state index contributed by atoms with van der Waals surface area (Å²) >= 11 is 5.77. The Labute approximate surface area is 96.9 Å². The van der Waals surface area contributed by atoms with E-state index in [-0.39, 0.29) is 17.9 Å². The Kier molecular flexibility index (Phi) is 3.06. The van der Waals surface area contributed by atoms with Crippen molar-refractivity contribution in [3.8, 4) is 0 Å². The molecule has 2 rings (SSSR count). The number of hydrogen-bond acceptors (Lipinski definition) is 1. The highest BCUT2D eigenvalue weighted by atomic mass is 35.5. The lowest BCUT2D eigenvalue weighted by Gasteiger charge is -2.06. The summed E-state index contributed by atoms with van der Waals surface area (Å²) in [6, 6.07) is 9.11. The van der Waals surface area contributed by atoms with Crippen LogP contribution in [-0.4, -0.2) is 4.57 Å². The molecule has 0 amide bonds. The third kappa shape index (κ3) is 2.31. The number of pyridine rings is 1. The zero-order valence-electron chi connectivity index (χ0n) is 8.36. The van der Waals surface area contributed by atoms with Crippen LogP contribution in [0.3, 0.4) is 0 Å². The van der Waals surface area contributed by atoms with E-state index in [0.717, 1.165) is 0 Å². The van der Waals surface area contributed by atoms with Gasteiger partial charge in [0.05, 0.1) is 6.54 Å². The summed E-state index contributed by atoms with van der Waals surface area (Å²) in [5, 5.41) is 0.459. The van der Waals surface area contributed by atoms with Gasteiger partial charge in [-0.05, 0) is 24.3 Å². The minimum absolute atomic E-state index is 0.165. The Morgan fingerprint density at radius 3 is 2.81 bits per heavy atom. The van der Waals surface area contributed by atoms with Gasteiger partial charge in [-0.25, -0.2) is 4.39 Å². The van der Waals surface area contributed by atoms with Gasteiger partial charge < -0.3 is 4.57 Å². The molecule has 1 aromatic heterocycles. The molecule has 2 nitrogen and oxygen atoms in total. The van der Waals surface area contributed by atoms with Gasteiger partial charge in [0.1, 0.15) is 5.82 Å². The van der Waals surface area contributed by atoms with E-state index >= 15 is 0 Å². The number of hydrogen-bond donors (Lipinski definition) is 0. The van der Waals surface area contributed by atoms with Crippen molar-refractivity contribution in [2.24, 2.45) is 0 Å². The fraction of sp³-hybridized carbons (Fsp3) is 0.0833. The highest BCUT2D eigenvalue weighted by Crippen LogP contribution is 2.15. The molecular weight excluding hydrogens is 229 g/mol. The highest BCUT2D eigenvalue weighted by Gasteiger charge is 2.04. The number of benzene rings is 1. The monoisotopic (exact) mass is 237 g/mol. The fourth-order valence-electron chi connectivity index (χ4n) is 1.44. The summed E-state index contributed by atoms with van der Waals surface area (Å²) < 4.78 is 14.8. The van der Waals surface area contributed by atoms with E-state index in [1.54, 1.807) is 18.3 Å². The maximum Gasteiger partial charge on any atom is 0.250 e. The average Bonchev–Trinajstić information content (AvgIpc) is 2.27. The van der Waals surface area contributed by atoms with Crippen molar-refractivity contribution in [1.29, 1.82) is 0 Å². The van der Waals surface area contributed by atoms with Crippen molar-refractivity contribution in [3.63, 3.8) is 0 Å². The van der Waals surface area contributed by atoms with E-state index in [1.807, 2.05) is 0 Å². The number of rotatable bonds is 2. The van der Waals surface area contributed by atoms with Crippen LogP contribution >= 0.6 is 11.6 Å². The molecule has 0 atom stereocenters. The molecule has 0 saturated heterocycles. The van der Waals surface area contributed by atoms with Gasteiger partial charge in [0.15, 0.2) is 0 Å². The van der Waals surface area contributed by atoms with Gasteiger partial charge in [-0.1, -0.05) is 17.7 Å². The van der Waals surface area contributed by atoms with Gasteiger partial charge in [-0.15, -0.1) is 0 Å². The van der Waals surface area contributed by atoms with Crippen LogP contribution < -0.4 is 5.56 Å². The van der Waals surface area contributed by atoms with Gasteiger partial charge in [0, 0.05) is 22.8 Å². The molecule has 82 valence electrons. The first-order valence-corrected chi connectivity index (χ1v) is 5.14. The van der Waals surface area contributed by atoms with Gasteiger partial charge >= 0.3 is 0 Å². The summed E-state index contributed by atoms with van der Waals surface area (Å²) in [7, 11) is 0. The SMILES string of the molecule is O=c1ccccn1Cc1cc(Cl)ccc1F. The standard InChI is InChI=1S/C12H9ClFNO/c13-10-4-5-11(14)9(7-10)8-15-6-2-1-3-12(15)16/h1-7H,8H2. The highest BCUT2D eigenvalue weighted by molar-refractivity contribution is 6.30. The predicted octanol–water partition coefficient (Wildman–Crippen LogP) is 2.69. The normalized spacial score (nSPS) is 10.4. The van der Waals surface area contributed by atoms with Crippen LogP contribution in [0.15, 0.2) is 47.4 Å². The number of nitrogens with zero attached hydrogens (tertiary/aromatic N) is 1. The smallest absolute Gasteiger partial charge is 0.250 e. The molecular formula is C12H9ClFNO. The van der Waals surface area contributed by atoms with Crippen molar-refractivity contribution in [2.45, 2.75) is 6.54 Å². The van der Waals surface area contributed by atoms with E-state index in [2.05, 4.69) is 0 Å². The molecule has 1 heterocycles. The molecule has 0 bridgehead atoms. The maximum atomic E-state index is 13.4. The van der Waals surface area contributed by atoms with Crippen molar-refractivity contribution < 1.29 is 4.39 Å². The molecule has 0 fully saturated rings. The fourth-order valence-corrected chi connectivity index (χ4v) is 1.63. The van der Waals surface area contributed by atoms with Gasteiger partial charge in [-0.3, -0.25) is 4.79 Å². The Bertz CT molecular complexity index is 565. The van der Waals surface area contributed by atoms with E-state index < -0.39 is 0 Å². The largest absolute Gasteiger partial charge is 0.311 e. The Hall–Kier alpha value is -1.61. The Balaban J connectivity index is 2.38. The lowest BCUT2D eigenvalue weighted by Crippen LogP contribution is -2.18. The minimum atomic E-state index is -0.361. The van der Waals surface area contributed by atoms with Crippen molar-refractivity contribution in [3.05, 3.63) is 69.4 Å². The summed E-state index contributed by atoms with van der Waals surface area (Å²) in [5.41, 5.74) is 0.239. The summed E-state index contributed by atoms with van der Waals surface area (Å²) in [4.78, 5) is 11.4. The predicted molar refractivity (Wildman–Crippen MR) is 61.2 cm³/mol. The molecule has 0 radical (unpaired) electrons. The lowest BCUT2D eigenvalue weighted by atomic mass is 10.2. The zero-order chi connectivity index (χ0) is 11.5. The topological polar surface area (TPSA) is 22.0 Å². The first kappa shape index (κ1) is 10.9. The van der Waals surface area contributed by atoms with Gasteiger partial charge in [-0.2, -0.15) is 0 Å². The second-order valence-electron chi connectivity index (χ2n) is 3.40. The van der Waals surface area contributed by atoms with Crippen LogP contribution in [0.25, 0.3) is 0 Å². The molecule has 0 aliphatic rings. The van der Waals surface area contributed by atoms with Gasteiger partial charge in [0.25, 0.3) is 5.56 Å². The first-order valence-electron chi connectivity index (χ1n) is 4.76. The Morgan fingerprint density at radius 1 is 1.25 bits per heavy atom. The molecule has 4 heteroatoms. The average molecular weight is 238 g/mol. The van der Waals surface area contributed by atoms with Crippen LogP contribution in [0, 0.1) is 5.82 Å². The Morgan fingerprint density at radius 2 is 2.06 bits per heavy atom. The second kappa shape index (κ2) is 4.49. The molecule has 0 N–H and O–H groups in total. The quantitative estimate of drug-likeness (QED) is 0.787. The van der Waals surface area contributed by atoms with Gasteiger partial charge in [0.2, 0.25) is 0 Å². The van der Waals surface area contributed by atoms with Crippen molar-refractivity contribution in [2.75, 3.05) is 0 Å². The minimum Gasteiger partial charge on any atom is -0.311 e. The van der Waals surface area contributed by atoms with Crippen LogP contribution in [0.5, 0.6) is 0 Å². The summed E-state index contributed by atoms with van der Waals surface area (Å²) in [5.74, 6) is -0.361. The molecule has 0 aliphatic carbocycles. The summed E-state index contributed by atoms with van der Waals surface area (Å²) in [6.07, 6.45) is 1.61. The lowest BCUT2D eigenvalue weighted by molar-refractivity contribution is 0.596. The van der Waals surface area contributed by atoms with Crippen molar-refractivity contribution >= 4 is 11.6 Å². The van der Waals surface area contributed by atoms with Crippen LogP contribution in [0.4, 0.5) is 4.39 Å². The molecule has 1 aromatic carbocycles. The zero-order valence-corrected chi connectivity index (χ0v) is 9.12. The molecule has 2 aromatic rings. The molecule has 0 spiro atoms. The maximum absolute atomic E-state index is 13.4. The third-order valence-corrected chi connectivity index (χ3v) is 2.48. The summed E-state index contributed by atoms with van der Waals surface area (Å²) in [6.45, 7) is 0.187. The molecule has 0 aliphatic heterocycles. The van der Waals surface area contributed by atoms with E-state index in [9.17, 15) is 9.18 Å². The van der Waals surface area contributed by atoms with Crippen LogP contribution in [-0.2, 0) is 6.54 Å². The van der Waals surface area contributed by atoms with E-state index in [0.29, 0.717) is 10.6 Å². The molecule has 0 unspecified atom stereocenters. The second-order valence-corrected chi connectivity index (χ2v) is 3.84. The van der Waals surface area contributed by atoms with Crippen molar-refractivity contribution in [1.82, 2.24) is 4.57 Å². The first-order chi connectivity index (χ1) is 7.66. The van der Waals surface area contributed by atoms with Crippen LogP contribution in [0.1, 0.15) is 5.56 Å². The van der Waals surface area contributed by atoms with E-state index in [4.69, 9.17) is 11.6 Å². The number of aromatic nitrogens is 1. The number of halogens is 2. The molecule has 0 saturated carbocycles. The third-order valence-electron chi connectivity index (χ3n) is 2.25. The van der Waals surface area contributed by atoms with E-state index in [1.165, 1.54) is 28.8 Å². The molecule has 16 heavy (non-hydrogen) atoms.